The van der Waals surface area contributed by atoms with Crippen LogP contribution < -0.4 is 5.32 Å². The van der Waals surface area contributed by atoms with Gasteiger partial charge >= 0.3 is 0 Å². The van der Waals surface area contributed by atoms with Crippen LogP contribution >= 0.6 is 0 Å². The van der Waals surface area contributed by atoms with Crippen LogP contribution in [0.5, 0.6) is 0 Å². The Labute approximate surface area is 121 Å². The number of likely N-dealkylation sites (N-methyl/N-ethyl adjacent to an activating group) is 1. The van der Waals surface area contributed by atoms with E-state index in [-0.39, 0.29) is 24.1 Å². The Bertz CT molecular complexity index is 702. The number of amides is 3. The lowest BCUT2D eigenvalue weighted by atomic mass is 10.0. The Morgan fingerprint density at radius 3 is 2.86 bits per heavy atom. The molecule has 0 radical (unpaired) electrons. The quantitative estimate of drug-likeness (QED) is 0.809. The number of carbonyl (C=O) groups excluding carboxylic acids is 3. The highest BCUT2D eigenvalue weighted by Gasteiger charge is 2.33. The van der Waals surface area contributed by atoms with Gasteiger partial charge in [-0.2, -0.15) is 0 Å². The normalized spacial score (nSPS) is 19.1. The van der Waals surface area contributed by atoms with Crippen molar-refractivity contribution in [3.05, 3.63) is 36.0 Å². The van der Waals surface area contributed by atoms with E-state index < -0.39 is 6.04 Å². The third kappa shape index (κ3) is 2.40. The van der Waals surface area contributed by atoms with Crippen LogP contribution in [0.2, 0.25) is 0 Å². The molecular weight excluding hydrogens is 270 g/mol. The summed E-state index contributed by atoms with van der Waals surface area (Å²) in [6.45, 7) is 0. The summed E-state index contributed by atoms with van der Waals surface area (Å²) in [7, 11) is 1.44. The van der Waals surface area contributed by atoms with Gasteiger partial charge in [-0.3, -0.25) is 19.3 Å². The first kappa shape index (κ1) is 13.4. The number of hydrogen-bond donors (Lipinski definition) is 2. The number of carbonyl (C=O) groups is 3. The Hall–Kier alpha value is -2.63. The summed E-state index contributed by atoms with van der Waals surface area (Å²) >= 11 is 0. The van der Waals surface area contributed by atoms with Crippen LogP contribution in [0, 0.1) is 0 Å². The molecule has 1 aliphatic rings. The van der Waals surface area contributed by atoms with Crippen LogP contribution in [-0.4, -0.2) is 40.7 Å². The smallest absolute Gasteiger partial charge is 0.268 e. The van der Waals surface area contributed by atoms with Gasteiger partial charge in [0.25, 0.3) is 11.8 Å². The molecule has 2 aromatic rings. The number of piperidine rings is 1. The van der Waals surface area contributed by atoms with E-state index in [4.69, 9.17) is 0 Å². The lowest BCUT2D eigenvalue weighted by Gasteiger charge is -2.27. The first-order chi connectivity index (χ1) is 10.1. The fourth-order valence-corrected chi connectivity index (χ4v) is 2.48. The zero-order valence-electron chi connectivity index (χ0n) is 11.6. The summed E-state index contributed by atoms with van der Waals surface area (Å²) in [6.07, 6.45) is 0.605. The van der Waals surface area contributed by atoms with Crippen molar-refractivity contribution in [3.8, 4) is 0 Å². The molecule has 0 saturated carbocycles. The summed E-state index contributed by atoms with van der Waals surface area (Å²) in [5.41, 5.74) is 1.27. The van der Waals surface area contributed by atoms with Crippen molar-refractivity contribution in [2.75, 3.05) is 7.05 Å². The predicted molar refractivity (Wildman–Crippen MR) is 76.6 cm³/mol. The largest absolute Gasteiger partial charge is 0.351 e. The van der Waals surface area contributed by atoms with Crippen molar-refractivity contribution in [2.45, 2.75) is 18.9 Å². The average Bonchev–Trinajstić information content (AvgIpc) is 2.92. The number of hydrogen-bond acceptors (Lipinski definition) is 3. The van der Waals surface area contributed by atoms with Crippen molar-refractivity contribution in [1.82, 2.24) is 15.2 Å². The molecule has 1 unspecified atom stereocenters. The molecule has 0 aliphatic carbocycles. The number of aromatic nitrogens is 1. The van der Waals surface area contributed by atoms with Gasteiger partial charge in [0.2, 0.25) is 5.91 Å². The molecule has 6 heteroatoms. The van der Waals surface area contributed by atoms with Gasteiger partial charge in [0.05, 0.1) is 0 Å². The summed E-state index contributed by atoms with van der Waals surface area (Å²) in [4.78, 5) is 39.7. The third-order valence-corrected chi connectivity index (χ3v) is 3.73. The molecule has 0 spiro atoms. The van der Waals surface area contributed by atoms with E-state index in [9.17, 15) is 14.4 Å². The molecule has 2 heterocycles. The lowest BCUT2D eigenvalue weighted by Crippen LogP contribution is -2.52. The van der Waals surface area contributed by atoms with Crippen molar-refractivity contribution >= 4 is 28.6 Å². The van der Waals surface area contributed by atoms with E-state index in [0.717, 1.165) is 15.8 Å². The molecule has 1 aromatic carbocycles. The number of nitrogens with zero attached hydrogens (tertiary/aromatic N) is 1. The van der Waals surface area contributed by atoms with E-state index in [1.54, 1.807) is 6.07 Å². The van der Waals surface area contributed by atoms with E-state index in [2.05, 4.69) is 10.3 Å². The van der Waals surface area contributed by atoms with Crippen LogP contribution in [0.4, 0.5) is 0 Å². The molecule has 3 amide bonds. The van der Waals surface area contributed by atoms with Gasteiger partial charge in [-0.1, -0.05) is 18.2 Å². The minimum Gasteiger partial charge on any atom is -0.351 e. The topological polar surface area (TPSA) is 82.3 Å². The fourth-order valence-electron chi connectivity index (χ4n) is 2.48. The van der Waals surface area contributed by atoms with Crippen LogP contribution in [0.3, 0.4) is 0 Å². The number of rotatable bonds is 2. The number of aromatic amines is 1. The highest BCUT2D eigenvalue weighted by Crippen LogP contribution is 2.16. The zero-order valence-corrected chi connectivity index (χ0v) is 11.6. The van der Waals surface area contributed by atoms with Crippen molar-refractivity contribution in [3.63, 3.8) is 0 Å². The highest BCUT2D eigenvalue weighted by atomic mass is 16.2. The van der Waals surface area contributed by atoms with Gasteiger partial charge in [0.1, 0.15) is 11.7 Å². The Kier molecular flexibility index (Phi) is 3.21. The van der Waals surface area contributed by atoms with Crippen molar-refractivity contribution in [1.29, 1.82) is 0 Å². The van der Waals surface area contributed by atoms with E-state index in [1.807, 2.05) is 24.3 Å². The SMILES string of the molecule is CN1C(=O)CCC(NC(=O)c2cc3ccccc3[nH]2)C1=O. The number of benzene rings is 1. The molecule has 108 valence electrons. The number of imide groups is 1. The molecule has 21 heavy (non-hydrogen) atoms. The van der Waals surface area contributed by atoms with Gasteiger partial charge in [-0.05, 0) is 18.6 Å². The van der Waals surface area contributed by atoms with Crippen molar-refractivity contribution < 1.29 is 14.4 Å². The van der Waals surface area contributed by atoms with Crippen molar-refractivity contribution in [2.24, 2.45) is 0 Å². The van der Waals surface area contributed by atoms with Crippen LogP contribution in [-0.2, 0) is 9.59 Å². The second kappa shape index (κ2) is 5.05. The Morgan fingerprint density at radius 1 is 1.33 bits per heavy atom. The highest BCUT2D eigenvalue weighted by molar-refractivity contribution is 6.04. The fraction of sp³-hybridized carbons (Fsp3) is 0.267. The third-order valence-electron chi connectivity index (χ3n) is 3.73. The maximum Gasteiger partial charge on any atom is 0.268 e. The average molecular weight is 285 g/mol. The first-order valence-electron chi connectivity index (χ1n) is 6.75. The molecule has 6 nitrogen and oxygen atoms in total. The number of H-pyrrole nitrogens is 1. The number of likely N-dealkylation sites (tertiary alicyclic amines) is 1. The second-order valence-corrected chi connectivity index (χ2v) is 5.13. The summed E-state index contributed by atoms with van der Waals surface area (Å²) in [5.74, 6) is -0.917. The standard InChI is InChI=1S/C15H15N3O3/c1-18-13(19)7-6-11(15(18)21)17-14(20)12-8-9-4-2-3-5-10(9)16-12/h2-5,8,11,16H,6-7H2,1H3,(H,17,20). The molecule has 1 atom stereocenters. The van der Waals surface area contributed by atoms with Gasteiger partial charge in [0, 0.05) is 24.4 Å². The number of nitrogens with one attached hydrogen (secondary N) is 2. The first-order valence-corrected chi connectivity index (χ1v) is 6.75. The van der Waals surface area contributed by atoms with Gasteiger partial charge in [0.15, 0.2) is 0 Å². The molecule has 1 aliphatic heterocycles. The molecular formula is C15H15N3O3. The monoisotopic (exact) mass is 285 g/mol. The van der Waals surface area contributed by atoms with E-state index >= 15 is 0 Å². The minimum atomic E-state index is -0.647. The van der Waals surface area contributed by atoms with E-state index in [1.165, 1.54) is 7.05 Å². The van der Waals surface area contributed by atoms with Crippen LogP contribution in [0.25, 0.3) is 10.9 Å². The molecule has 3 rings (SSSR count). The van der Waals surface area contributed by atoms with Gasteiger partial charge in [-0.15, -0.1) is 0 Å². The number of fused-ring (bicyclic) bond motifs is 1. The minimum absolute atomic E-state index is 0.212. The lowest BCUT2D eigenvalue weighted by molar-refractivity contribution is -0.147. The molecule has 2 N–H and O–H groups in total. The number of para-hydroxylation sites is 1. The van der Waals surface area contributed by atoms with Gasteiger partial charge in [-0.25, -0.2) is 0 Å². The van der Waals surface area contributed by atoms with Crippen LogP contribution in [0.15, 0.2) is 30.3 Å². The second-order valence-electron chi connectivity index (χ2n) is 5.13. The maximum atomic E-state index is 12.2. The zero-order chi connectivity index (χ0) is 15.0. The predicted octanol–water partition coefficient (Wildman–Crippen LogP) is 1.05. The molecule has 1 fully saturated rings. The molecule has 0 bridgehead atoms. The Morgan fingerprint density at radius 2 is 2.10 bits per heavy atom. The van der Waals surface area contributed by atoms with Crippen LogP contribution in [0.1, 0.15) is 23.3 Å². The summed E-state index contributed by atoms with van der Waals surface area (Å²) in [6, 6.07) is 8.65. The maximum absolute atomic E-state index is 12.2. The Balaban J connectivity index is 1.77. The summed E-state index contributed by atoms with van der Waals surface area (Å²) < 4.78 is 0. The molecule has 1 saturated heterocycles. The summed E-state index contributed by atoms with van der Waals surface area (Å²) in [5, 5.41) is 3.62. The van der Waals surface area contributed by atoms with E-state index in [0.29, 0.717) is 12.1 Å². The molecule has 1 aromatic heterocycles. The van der Waals surface area contributed by atoms with Gasteiger partial charge < -0.3 is 10.3 Å².